The van der Waals surface area contributed by atoms with Crippen LogP contribution in [-0.4, -0.2) is 14.6 Å². The third-order valence-electron chi connectivity index (χ3n) is 2.89. The van der Waals surface area contributed by atoms with Gasteiger partial charge in [-0.15, -0.1) is 0 Å². The summed E-state index contributed by atoms with van der Waals surface area (Å²) in [5.74, 6) is 1.49. The smallest absolute Gasteiger partial charge is 0.271 e. The van der Waals surface area contributed by atoms with Crippen molar-refractivity contribution < 1.29 is 0 Å². The molecule has 0 unspecified atom stereocenters. The number of nitrogens with one attached hydrogen (secondary N) is 1. The van der Waals surface area contributed by atoms with Gasteiger partial charge in [0.15, 0.2) is 5.65 Å². The highest BCUT2D eigenvalue weighted by molar-refractivity contribution is 5.36. The monoisotopic (exact) mass is 189 g/mol. The summed E-state index contributed by atoms with van der Waals surface area (Å²) in [5, 5.41) is 3.06. The zero-order valence-corrected chi connectivity index (χ0v) is 7.73. The van der Waals surface area contributed by atoms with Gasteiger partial charge in [0.05, 0.1) is 0 Å². The summed E-state index contributed by atoms with van der Waals surface area (Å²) in [5.41, 5.74) is 0.681. The summed E-state index contributed by atoms with van der Waals surface area (Å²) in [6.07, 6.45) is 3.65. The van der Waals surface area contributed by atoms with Crippen molar-refractivity contribution in [3.8, 4) is 0 Å². The molecule has 1 fully saturated rings. The molecule has 0 atom stereocenters. The van der Waals surface area contributed by atoms with E-state index in [4.69, 9.17) is 0 Å². The number of pyridine rings is 1. The van der Waals surface area contributed by atoms with Crippen LogP contribution in [0.25, 0.3) is 5.65 Å². The van der Waals surface area contributed by atoms with Crippen LogP contribution in [0.2, 0.25) is 0 Å². The zero-order chi connectivity index (χ0) is 9.54. The molecule has 4 heteroatoms. The van der Waals surface area contributed by atoms with Gasteiger partial charge in [-0.05, 0) is 18.9 Å². The number of fused-ring (bicyclic) bond motifs is 1. The lowest BCUT2D eigenvalue weighted by Gasteiger charge is -2.22. The van der Waals surface area contributed by atoms with Gasteiger partial charge in [-0.1, -0.05) is 12.5 Å². The lowest BCUT2D eigenvalue weighted by molar-refractivity contribution is 0.401. The van der Waals surface area contributed by atoms with E-state index in [0.717, 1.165) is 11.5 Å². The first-order valence-corrected chi connectivity index (χ1v) is 4.92. The van der Waals surface area contributed by atoms with Crippen LogP contribution in [0, 0.1) is 0 Å². The highest BCUT2D eigenvalue weighted by Gasteiger charge is 2.22. The molecule has 0 aliphatic heterocycles. The van der Waals surface area contributed by atoms with E-state index in [1.807, 2.05) is 6.07 Å². The predicted octanol–water partition coefficient (Wildman–Crippen LogP) is 1.29. The van der Waals surface area contributed by atoms with Crippen LogP contribution < -0.4 is 5.56 Å². The number of nitrogens with zero attached hydrogens (tertiary/aromatic N) is 2. The first kappa shape index (κ1) is 7.79. The number of hydrogen-bond acceptors (Lipinski definition) is 2. The van der Waals surface area contributed by atoms with Crippen molar-refractivity contribution in [1.29, 1.82) is 0 Å². The van der Waals surface area contributed by atoms with Gasteiger partial charge in [-0.25, -0.2) is 9.50 Å². The largest absolute Gasteiger partial charge is 0.276 e. The Kier molecular flexibility index (Phi) is 1.50. The molecule has 0 spiro atoms. The molecule has 4 nitrogen and oxygen atoms in total. The van der Waals surface area contributed by atoms with Gasteiger partial charge in [0.2, 0.25) is 0 Å². The Morgan fingerprint density at radius 2 is 2.29 bits per heavy atom. The van der Waals surface area contributed by atoms with E-state index in [2.05, 4.69) is 10.1 Å². The van der Waals surface area contributed by atoms with Crippen molar-refractivity contribution in [2.24, 2.45) is 0 Å². The van der Waals surface area contributed by atoms with Gasteiger partial charge >= 0.3 is 0 Å². The Balaban J connectivity index is 2.19. The van der Waals surface area contributed by atoms with E-state index in [-0.39, 0.29) is 5.56 Å². The minimum absolute atomic E-state index is 0.0411. The number of aromatic amines is 1. The standard InChI is InChI=1S/C10H11N3O/c14-9-6-2-5-8-11-10(12-13(8)9)7-3-1-4-7/h2,5-7H,1,3-4H2,(H,11,12). The lowest BCUT2D eigenvalue weighted by atomic mass is 9.85. The van der Waals surface area contributed by atoms with Crippen molar-refractivity contribution >= 4 is 5.65 Å². The molecule has 2 heterocycles. The van der Waals surface area contributed by atoms with Crippen molar-refractivity contribution in [3.63, 3.8) is 0 Å². The maximum absolute atomic E-state index is 11.4. The molecule has 72 valence electrons. The molecule has 0 bridgehead atoms. The summed E-state index contributed by atoms with van der Waals surface area (Å²) in [6.45, 7) is 0. The second-order valence-electron chi connectivity index (χ2n) is 3.79. The highest BCUT2D eigenvalue weighted by Crippen LogP contribution is 2.34. The molecular weight excluding hydrogens is 178 g/mol. The Labute approximate surface area is 80.6 Å². The summed E-state index contributed by atoms with van der Waals surface area (Å²) >= 11 is 0. The topological polar surface area (TPSA) is 50.2 Å². The molecule has 1 aliphatic rings. The maximum atomic E-state index is 11.4. The van der Waals surface area contributed by atoms with Crippen molar-refractivity contribution in [3.05, 3.63) is 34.4 Å². The van der Waals surface area contributed by atoms with Crippen LogP contribution in [0.15, 0.2) is 23.0 Å². The quantitative estimate of drug-likeness (QED) is 0.734. The van der Waals surface area contributed by atoms with E-state index in [1.54, 1.807) is 6.07 Å². The summed E-state index contributed by atoms with van der Waals surface area (Å²) in [7, 11) is 0. The SMILES string of the molecule is O=c1cccc2nc(C3CCC3)[nH]n12. The molecule has 0 amide bonds. The molecule has 0 radical (unpaired) electrons. The Morgan fingerprint density at radius 1 is 1.43 bits per heavy atom. The average molecular weight is 189 g/mol. The van der Waals surface area contributed by atoms with Crippen LogP contribution >= 0.6 is 0 Å². The normalized spacial score (nSPS) is 17.1. The van der Waals surface area contributed by atoms with Crippen molar-refractivity contribution in [1.82, 2.24) is 14.6 Å². The molecule has 1 saturated carbocycles. The first-order valence-electron chi connectivity index (χ1n) is 4.92. The van der Waals surface area contributed by atoms with Gasteiger partial charge in [0.25, 0.3) is 5.56 Å². The Bertz CT molecular complexity index is 521. The summed E-state index contributed by atoms with van der Waals surface area (Å²) in [6, 6.07) is 5.12. The van der Waals surface area contributed by atoms with Gasteiger partial charge in [0.1, 0.15) is 5.82 Å². The fourth-order valence-electron chi connectivity index (χ4n) is 1.81. The van der Waals surface area contributed by atoms with Crippen molar-refractivity contribution in [2.75, 3.05) is 0 Å². The Hall–Kier alpha value is -1.58. The summed E-state index contributed by atoms with van der Waals surface area (Å²) < 4.78 is 1.51. The fraction of sp³-hybridized carbons (Fsp3) is 0.400. The average Bonchev–Trinajstić information content (AvgIpc) is 2.46. The van der Waals surface area contributed by atoms with Gasteiger partial charge in [0, 0.05) is 12.0 Å². The molecule has 1 aliphatic carbocycles. The van der Waals surface area contributed by atoms with Gasteiger partial charge in [-0.2, -0.15) is 0 Å². The zero-order valence-electron chi connectivity index (χ0n) is 7.73. The van der Waals surface area contributed by atoms with Crippen LogP contribution in [0.3, 0.4) is 0 Å². The second-order valence-corrected chi connectivity index (χ2v) is 3.79. The first-order chi connectivity index (χ1) is 6.84. The van der Waals surface area contributed by atoms with Crippen LogP contribution in [0.4, 0.5) is 0 Å². The van der Waals surface area contributed by atoms with Crippen LogP contribution in [-0.2, 0) is 0 Å². The van der Waals surface area contributed by atoms with Gasteiger partial charge in [-0.3, -0.25) is 9.89 Å². The second kappa shape index (κ2) is 2.70. The predicted molar refractivity (Wildman–Crippen MR) is 52.4 cm³/mol. The van der Waals surface area contributed by atoms with E-state index in [0.29, 0.717) is 5.92 Å². The number of rotatable bonds is 1. The molecule has 0 saturated heterocycles. The van der Waals surface area contributed by atoms with Crippen molar-refractivity contribution in [2.45, 2.75) is 25.2 Å². The molecule has 2 aromatic rings. The number of aromatic nitrogens is 3. The molecule has 0 aromatic carbocycles. The van der Waals surface area contributed by atoms with E-state index in [9.17, 15) is 4.79 Å². The molecule has 2 aromatic heterocycles. The number of hydrogen-bond donors (Lipinski definition) is 1. The molecule has 3 rings (SSSR count). The summed E-state index contributed by atoms with van der Waals surface area (Å²) in [4.78, 5) is 15.8. The van der Waals surface area contributed by atoms with Crippen LogP contribution in [0.1, 0.15) is 31.0 Å². The maximum Gasteiger partial charge on any atom is 0.271 e. The minimum Gasteiger partial charge on any atom is -0.276 e. The van der Waals surface area contributed by atoms with E-state index < -0.39 is 0 Å². The fourth-order valence-corrected chi connectivity index (χ4v) is 1.81. The lowest BCUT2D eigenvalue weighted by Crippen LogP contribution is -2.14. The minimum atomic E-state index is -0.0411. The molecule has 1 N–H and O–H groups in total. The van der Waals surface area contributed by atoms with Crippen LogP contribution in [0.5, 0.6) is 0 Å². The third-order valence-corrected chi connectivity index (χ3v) is 2.89. The molecular formula is C10H11N3O. The van der Waals surface area contributed by atoms with E-state index in [1.165, 1.54) is 29.8 Å². The third kappa shape index (κ3) is 0.999. The van der Waals surface area contributed by atoms with Gasteiger partial charge < -0.3 is 0 Å². The highest BCUT2D eigenvalue weighted by atomic mass is 16.1. The number of H-pyrrole nitrogens is 1. The Morgan fingerprint density at radius 3 is 2.93 bits per heavy atom. The molecule has 14 heavy (non-hydrogen) atoms. The van der Waals surface area contributed by atoms with E-state index >= 15 is 0 Å².